The van der Waals surface area contributed by atoms with Gasteiger partial charge in [-0.15, -0.1) is 0 Å². The molecule has 1 aromatic heterocycles. The zero-order valence-corrected chi connectivity index (χ0v) is 11.0. The molecule has 0 atom stereocenters. The summed E-state index contributed by atoms with van der Waals surface area (Å²) in [6.07, 6.45) is 1.53. The smallest absolute Gasteiger partial charge is 0.251 e. The summed E-state index contributed by atoms with van der Waals surface area (Å²) in [7, 11) is 0. The number of rotatable bonds is 3. The summed E-state index contributed by atoms with van der Waals surface area (Å²) >= 11 is 9.16. The van der Waals surface area contributed by atoms with Gasteiger partial charge in [0, 0.05) is 16.1 Å². The van der Waals surface area contributed by atoms with Crippen molar-refractivity contribution < 1.29 is 9.32 Å². The molecular formula is C11H8BrClN2O2. The van der Waals surface area contributed by atoms with Crippen LogP contribution in [0.4, 0.5) is 0 Å². The molecule has 1 N–H and O–H groups in total. The highest BCUT2D eigenvalue weighted by molar-refractivity contribution is 9.10. The van der Waals surface area contributed by atoms with Gasteiger partial charge >= 0.3 is 0 Å². The van der Waals surface area contributed by atoms with Crippen LogP contribution in [0, 0.1) is 0 Å². The molecule has 0 unspecified atom stereocenters. The summed E-state index contributed by atoms with van der Waals surface area (Å²) in [4.78, 5) is 11.8. The molecule has 0 aliphatic heterocycles. The van der Waals surface area contributed by atoms with Crippen LogP contribution in [0.3, 0.4) is 0 Å². The highest BCUT2D eigenvalue weighted by Crippen LogP contribution is 2.23. The Morgan fingerprint density at radius 1 is 1.47 bits per heavy atom. The Morgan fingerprint density at radius 3 is 2.94 bits per heavy atom. The molecule has 2 aromatic rings. The fourth-order valence-electron chi connectivity index (χ4n) is 1.24. The Bertz CT molecular complexity index is 528. The van der Waals surface area contributed by atoms with Gasteiger partial charge in [-0.3, -0.25) is 4.79 Å². The highest BCUT2D eigenvalue weighted by atomic mass is 79.9. The summed E-state index contributed by atoms with van der Waals surface area (Å²) in [5, 5.41) is 6.74. The lowest BCUT2D eigenvalue weighted by Crippen LogP contribution is -2.22. The molecule has 6 heteroatoms. The van der Waals surface area contributed by atoms with Crippen LogP contribution in [0.25, 0.3) is 0 Å². The summed E-state index contributed by atoms with van der Waals surface area (Å²) in [5.74, 6) is 0.386. The third-order valence-electron chi connectivity index (χ3n) is 2.10. The van der Waals surface area contributed by atoms with E-state index in [1.807, 2.05) is 0 Å². The second-order valence-electron chi connectivity index (χ2n) is 3.29. The fourth-order valence-corrected chi connectivity index (χ4v) is 1.67. The molecule has 0 bridgehead atoms. The number of carbonyl (C=O) groups excluding carboxylic acids is 1. The lowest BCUT2D eigenvalue weighted by Gasteiger charge is -2.04. The van der Waals surface area contributed by atoms with E-state index < -0.39 is 0 Å². The van der Waals surface area contributed by atoms with Crippen LogP contribution in [-0.2, 0) is 6.54 Å². The number of carbonyl (C=O) groups is 1. The normalized spacial score (nSPS) is 10.2. The molecule has 17 heavy (non-hydrogen) atoms. The quantitative estimate of drug-likeness (QED) is 0.947. The average molecular weight is 316 g/mol. The third kappa shape index (κ3) is 3.08. The van der Waals surface area contributed by atoms with Crippen molar-refractivity contribution in [1.82, 2.24) is 10.5 Å². The van der Waals surface area contributed by atoms with Crippen molar-refractivity contribution in [2.24, 2.45) is 0 Å². The summed E-state index contributed by atoms with van der Waals surface area (Å²) in [6.45, 7) is 0.298. The maximum Gasteiger partial charge on any atom is 0.251 e. The number of hydrogen-bond donors (Lipinski definition) is 1. The van der Waals surface area contributed by atoms with Crippen LogP contribution in [0.2, 0.25) is 5.02 Å². The minimum Gasteiger partial charge on any atom is -0.360 e. The van der Waals surface area contributed by atoms with Gasteiger partial charge in [-0.05, 0) is 34.1 Å². The van der Waals surface area contributed by atoms with Crippen LogP contribution in [0.1, 0.15) is 16.1 Å². The van der Waals surface area contributed by atoms with Crippen molar-refractivity contribution in [2.75, 3.05) is 0 Å². The van der Waals surface area contributed by atoms with Crippen molar-refractivity contribution in [2.45, 2.75) is 6.54 Å². The summed E-state index contributed by atoms with van der Waals surface area (Å²) in [5.41, 5.74) is 0.498. The zero-order chi connectivity index (χ0) is 12.3. The standard InChI is InChI=1S/C11H8BrClN2O2/c12-9-2-1-7(5-10(9)13)11(16)14-6-8-3-4-15-17-8/h1-5H,6H2,(H,14,16). The number of aromatic nitrogens is 1. The van der Waals surface area contributed by atoms with E-state index in [0.717, 1.165) is 4.47 Å². The minimum absolute atomic E-state index is 0.212. The number of halogens is 2. The number of amides is 1. The Morgan fingerprint density at radius 2 is 2.29 bits per heavy atom. The van der Waals surface area contributed by atoms with E-state index in [1.54, 1.807) is 24.3 Å². The molecule has 0 saturated heterocycles. The van der Waals surface area contributed by atoms with E-state index in [9.17, 15) is 4.79 Å². The van der Waals surface area contributed by atoms with Crippen molar-refractivity contribution in [3.8, 4) is 0 Å². The monoisotopic (exact) mass is 314 g/mol. The van der Waals surface area contributed by atoms with Gasteiger partial charge in [0.05, 0.1) is 17.8 Å². The van der Waals surface area contributed by atoms with Gasteiger partial charge in [0.25, 0.3) is 5.91 Å². The Labute approximate surface area is 111 Å². The SMILES string of the molecule is O=C(NCc1ccno1)c1ccc(Br)c(Cl)c1. The van der Waals surface area contributed by atoms with Crippen LogP contribution >= 0.6 is 27.5 Å². The van der Waals surface area contributed by atoms with E-state index in [0.29, 0.717) is 22.9 Å². The highest BCUT2D eigenvalue weighted by Gasteiger charge is 2.08. The first-order valence-corrected chi connectivity index (χ1v) is 5.97. The van der Waals surface area contributed by atoms with Gasteiger partial charge in [0.1, 0.15) is 0 Å². The predicted molar refractivity (Wildman–Crippen MR) is 66.8 cm³/mol. The van der Waals surface area contributed by atoms with Crippen LogP contribution in [0.5, 0.6) is 0 Å². The Kier molecular flexibility index (Phi) is 3.81. The van der Waals surface area contributed by atoms with E-state index in [2.05, 4.69) is 26.4 Å². The van der Waals surface area contributed by atoms with Gasteiger partial charge < -0.3 is 9.84 Å². The number of nitrogens with zero attached hydrogens (tertiary/aromatic N) is 1. The third-order valence-corrected chi connectivity index (χ3v) is 3.33. The van der Waals surface area contributed by atoms with Crippen LogP contribution in [0.15, 0.2) is 39.5 Å². The maximum atomic E-state index is 11.8. The second kappa shape index (κ2) is 5.33. The minimum atomic E-state index is -0.212. The van der Waals surface area contributed by atoms with E-state index in [-0.39, 0.29) is 5.91 Å². The molecule has 0 fully saturated rings. The number of benzene rings is 1. The number of nitrogens with one attached hydrogen (secondary N) is 1. The molecule has 4 nitrogen and oxygen atoms in total. The second-order valence-corrected chi connectivity index (χ2v) is 4.55. The van der Waals surface area contributed by atoms with Crippen molar-refractivity contribution >= 4 is 33.4 Å². The van der Waals surface area contributed by atoms with Crippen molar-refractivity contribution in [1.29, 1.82) is 0 Å². The predicted octanol–water partition coefficient (Wildman–Crippen LogP) is 3.02. The molecule has 88 valence electrons. The fraction of sp³-hybridized carbons (Fsp3) is 0.0909. The largest absolute Gasteiger partial charge is 0.360 e. The molecular weight excluding hydrogens is 307 g/mol. The molecule has 1 heterocycles. The summed E-state index contributed by atoms with van der Waals surface area (Å²) < 4.78 is 5.62. The molecule has 0 saturated carbocycles. The average Bonchev–Trinajstić information content (AvgIpc) is 2.82. The summed E-state index contributed by atoms with van der Waals surface area (Å²) in [6, 6.07) is 6.70. The topological polar surface area (TPSA) is 55.1 Å². The van der Waals surface area contributed by atoms with Crippen LogP contribution in [-0.4, -0.2) is 11.1 Å². The first-order valence-electron chi connectivity index (χ1n) is 4.79. The number of hydrogen-bond acceptors (Lipinski definition) is 3. The zero-order valence-electron chi connectivity index (χ0n) is 8.61. The Hall–Kier alpha value is -1.33. The van der Waals surface area contributed by atoms with Crippen molar-refractivity contribution in [3.05, 3.63) is 51.3 Å². The lowest BCUT2D eigenvalue weighted by atomic mass is 10.2. The first-order chi connectivity index (χ1) is 8.16. The van der Waals surface area contributed by atoms with Gasteiger partial charge in [-0.1, -0.05) is 16.8 Å². The molecule has 1 aromatic carbocycles. The van der Waals surface area contributed by atoms with Gasteiger partial charge in [-0.25, -0.2) is 0 Å². The molecule has 2 rings (SSSR count). The maximum absolute atomic E-state index is 11.8. The lowest BCUT2D eigenvalue weighted by molar-refractivity contribution is 0.0947. The van der Waals surface area contributed by atoms with Gasteiger partial charge in [-0.2, -0.15) is 0 Å². The molecule has 0 aliphatic rings. The Balaban J connectivity index is 2.02. The van der Waals surface area contributed by atoms with Gasteiger partial charge in [0.2, 0.25) is 0 Å². The van der Waals surface area contributed by atoms with Crippen LogP contribution < -0.4 is 5.32 Å². The van der Waals surface area contributed by atoms with E-state index in [4.69, 9.17) is 16.1 Å². The molecule has 0 aliphatic carbocycles. The molecule has 0 radical (unpaired) electrons. The van der Waals surface area contributed by atoms with E-state index in [1.165, 1.54) is 6.20 Å². The molecule has 0 spiro atoms. The molecule has 1 amide bonds. The van der Waals surface area contributed by atoms with Crippen molar-refractivity contribution in [3.63, 3.8) is 0 Å². The first kappa shape index (κ1) is 12.1. The van der Waals surface area contributed by atoms with E-state index >= 15 is 0 Å². The van der Waals surface area contributed by atoms with Gasteiger partial charge in [0.15, 0.2) is 5.76 Å².